The summed E-state index contributed by atoms with van der Waals surface area (Å²) in [7, 11) is 0. The normalized spacial score (nSPS) is 17.3. The zero-order chi connectivity index (χ0) is 17.3. The van der Waals surface area contributed by atoms with Crippen molar-refractivity contribution in [3.8, 4) is 0 Å². The summed E-state index contributed by atoms with van der Waals surface area (Å²) in [6.45, 7) is 4.90. The first kappa shape index (κ1) is 16.8. The number of carbonyl (C=O) groups is 1. The first-order valence-electron chi connectivity index (χ1n) is 8.09. The molecule has 0 spiro atoms. The summed E-state index contributed by atoms with van der Waals surface area (Å²) >= 11 is 5.92. The predicted molar refractivity (Wildman–Crippen MR) is 93.6 cm³/mol. The molecule has 0 N–H and O–H groups in total. The lowest BCUT2D eigenvalue weighted by molar-refractivity contribution is 0.0782. The van der Waals surface area contributed by atoms with Gasteiger partial charge in [0.05, 0.1) is 5.56 Å². The predicted octanol–water partition coefficient (Wildman–Crippen LogP) is 3.61. The highest BCUT2D eigenvalue weighted by Gasteiger charge is 2.29. The van der Waals surface area contributed by atoms with E-state index in [1.165, 1.54) is 11.6 Å². The van der Waals surface area contributed by atoms with E-state index in [9.17, 15) is 9.59 Å². The number of carbonyl (C=O) groups excluding carboxylic acids is 1. The summed E-state index contributed by atoms with van der Waals surface area (Å²) in [6, 6.07) is 9.24. The van der Waals surface area contributed by atoms with E-state index < -0.39 is 5.63 Å². The standard InChI is InChI=1S/C19H20ClNO3/c1-12-9-17(22)24-13(2)18(12)19(23)21-8-7-15(11-21)10-14-3-5-16(20)6-4-14/h3-6,9,15H,7-8,10-11H2,1-2H3. The fourth-order valence-corrected chi connectivity index (χ4v) is 3.50. The highest BCUT2D eigenvalue weighted by Crippen LogP contribution is 2.24. The molecule has 1 aliphatic heterocycles. The van der Waals surface area contributed by atoms with Crippen LogP contribution in [0.2, 0.25) is 5.02 Å². The van der Waals surface area contributed by atoms with Crippen molar-refractivity contribution in [1.82, 2.24) is 4.90 Å². The van der Waals surface area contributed by atoms with Crippen LogP contribution in [0.3, 0.4) is 0 Å². The van der Waals surface area contributed by atoms with Crippen LogP contribution in [0, 0.1) is 19.8 Å². The molecule has 1 atom stereocenters. The van der Waals surface area contributed by atoms with Crippen molar-refractivity contribution in [1.29, 1.82) is 0 Å². The summed E-state index contributed by atoms with van der Waals surface area (Å²) in [6.07, 6.45) is 1.91. The van der Waals surface area contributed by atoms with Gasteiger partial charge in [-0.2, -0.15) is 0 Å². The molecule has 5 heteroatoms. The molecule has 0 radical (unpaired) electrons. The van der Waals surface area contributed by atoms with Gasteiger partial charge in [-0.05, 0) is 55.9 Å². The van der Waals surface area contributed by atoms with Gasteiger partial charge in [-0.3, -0.25) is 4.79 Å². The lowest BCUT2D eigenvalue weighted by atomic mass is 9.99. The Bertz CT molecular complexity index is 784. The van der Waals surface area contributed by atoms with E-state index in [0.717, 1.165) is 31.0 Å². The Morgan fingerprint density at radius 1 is 1.29 bits per heavy atom. The Labute approximate surface area is 146 Å². The Hall–Kier alpha value is -2.07. The van der Waals surface area contributed by atoms with Gasteiger partial charge in [-0.25, -0.2) is 4.79 Å². The second kappa shape index (κ2) is 6.81. The van der Waals surface area contributed by atoms with Gasteiger partial charge in [-0.15, -0.1) is 0 Å². The first-order valence-corrected chi connectivity index (χ1v) is 8.47. The molecule has 0 bridgehead atoms. The van der Waals surface area contributed by atoms with Crippen molar-refractivity contribution in [2.24, 2.45) is 5.92 Å². The molecular weight excluding hydrogens is 326 g/mol. The third-order valence-electron chi connectivity index (χ3n) is 4.56. The minimum Gasteiger partial charge on any atom is -0.427 e. The number of halogens is 1. The van der Waals surface area contributed by atoms with Crippen molar-refractivity contribution >= 4 is 17.5 Å². The Morgan fingerprint density at radius 3 is 2.67 bits per heavy atom. The Kier molecular flexibility index (Phi) is 4.76. The van der Waals surface area contributed by atoms with E-state index in [-0.39, 0.29) is 5.91 Å². The molecule has 0 aliphatic carbocycles. The largest absolute Gasteiger partial charge is 0.427 e. The molecule has 1 saturated heterocycles. The molecule has 1 unspecified atom stereocenters. The fraction of sp³-hybridized carbons (Fsp3) is 0.368. The number of likely N-dealkylation sites (tertiary alicyclic amines) is 1. The SMILES string of the molecule is Cc1cc(=O)oc(C)c1C(=O)N1CCC(Cc2ccc(Cl)cc2)C1. The fourth-order valence-electron chi connectivity index (χ4n) is 3.37. The third-order valence-corrected chi connectivity index (χ3v) is 4.81. The number of hydrogen-bond acceptors (Lipinski definition) is 3. The quantitative estimate of drug-likeness (QED) is 0.853. The van der Waals surface area contributed by atoms with Crippen LogP contribution in [0.1, 0.15) is 33.7 Å². The molecule has 1 aliphatic rings. The van der Waals surface area contributed by atoms with Crippen molar-refractivity contribution in [3.63, 3.8) is 0 Å². The molecule has 1 aromatic heterocycles. The summed E-state index contributed by atoms with van der Waals surface area (Å²) in [5, 5.41) is 0.735. The van der Waals surface area contributed by atoms with Gasteiger partial charge in [0.25, 0.3) is 5.91 Å². The molecule has 3 rings (SSSR count). The van der Waals surface area contributed by atoms with Gasteiger partial charge in [0, 0.05) is 24.2 Å². The van der Waals surface area contributed by atoms with Crippen LogP contribution in [0.15, 0.2) is 39.5 Å². The number of rotatable bonds is 3. The first-order chi connectivity index (χ1) is 11.4. The second-order valence-electron chi connectivity index (χ2n) is 6.42. The number of hydrogen-bond donors (Lipinski definition) is 0. The van der Waals surface area contributed by atoms with Gasteiger partial charge in [0.2, 0.25) is 0 Å². The molecule has 126 valence electrons. The lowest BCUT2D eigenvalue weighted by Crippen LogP contribution is -2.30. The molecule has 1 fully saturated rings. The maximum Gasteiger partial charge on any atom is 0.336 e. The minimum atomic E-state index is -0.413. The van der Waals surface area contributed by atoms with E-state index >= 15 is 0 Å². The van der Waals surface area contributed by atoms with Crippen LogP contribution in [0.5, 0.6) is 0 Å². The van der Waals surface area contributed by atoms with Crippen molar-refractivity contribution in [2.45, 2.75) is 26.7 Å². The number of amides is 1. The van der Waals surface area contributed by atoms with Crippen molar-refractivity contribution in [3.05, 3.63) is 68.2 Å². The summed E-state index contributed by atoms with van der Waals surface area (Å²) in [4.78, 5) is 26.0. The van der Waals surface area contributed by atoms with Crippen LogP contribution < -0.4 is 5.63 Å². The van der Waals surface area contributed by atoms with E-state index in [1.54, 1.807) is 13.8 Å². The van der Waals surface area contributed by atoms with Crippen LogP contribution in [0.4, 0.5) is 0 Å². The zero-order valence-electron chi connectivity index (χ0n) is 13.8. The topological polar surface area (TPSA) is 50.5 Å². The molecule has 0 saturated carbocycles. The molecular formula is C19H20ClNO3. The maximum atomic E-state index is 12.8. The molecule has 1 amide bonds. The third kappa shape index (κ3) is 3.54. The van der Waals surface area contributed by atoms with E-state index in [1.807, 2.05) is 29.2 Å². The minimum absolute atomic E-state index is 0.0487. The van der Waals surface area contributed by atoms with Gasteiger partial charge in [-0.1, -0.05) is 23.7 Å². The summed E-state index contributed by atoms with van der Waals surface area (Å²) < 4.78 is 5.09. The highest BCUT2D eigenvalue weighted by atomic mass is 35.5. The molecule has 24 heavy (non-hydrogen) atoms. The van der Waals surface area contributed by atoms with Gasteiger partial charge >= 0.3 is 5.63 Å². The summed E-state index contributed by atoms with van der Waals surface area (Å²) in [5.41, 5.74) is 2.01. The number of nitrogens with zero attached hydrogens (tertiary/aromatic N) is 1. The Balaban J connectivity index is 1.70. The smallest absolute Gasteiger partial charge is 0.336 e. The van der Waals surface area contributed by atoms with Gasteiger partial charge in [0.15, 0.2) is 0 Å². The van der Waals surface area contributed by atoms with Crippen LogP contribution in [0.25, 0.3) is 0 Å². The van der Waals surface area contributed by atoms with Crippen LogP contribution >= 0.6 is 11.6 Å². The van der Waals surface area contributed by atoms with Gasteiger partial charge < -0.3 is 9.32 Å². The summed E-state index contributed by atoms with van der Waals surface area (Å²) in [5.74, 6) is 0.782. The van der Waals surface area contributed by atoms with E-state index in [0.29, 0.717) is 22.8 Å². The van der Waals surface area contributed by atoms with E-state index in [2.05, 4.69) is 0 Å². The van der Waals surface area contributed by atoms with E-state index in [4.69, 9.17) is 16.0 Å². The highest BCUT2D eigenvalue weighted by molar-refractivity contribution is 6.30. The monoisotopic (exact) mass is 345 g/mol. The second-order valence-corrected chi connectivity index (χ2v) is 6.85. The average Bonchev–Trinajstić information content (AvgIpc) is 2.97. The number of benzene rings is 1. The van der Waals surface area contributed by atoms with Gasteiger partial charge in [0.1, 0.15) is 5.76 Å². The molecule has 1 aromatic carbocycles. The molecule has 2 heterocycles. The van der Waals surface area contributed by atoms with Crippen LogP contribution in [-0.2, 0) is 6.42 Å². The van der Waals surface area contributed by atoms with Crippen molar-refractivity contribution in [2.75, 3.05) is 13.1 Å². The van der Waals surface area contributed by atoms with Crippen molar-refractivity contribution < 1.29 is 9.21 Å². The molecule has 4 nitrogen and oxygen atoms in total. The zero-order valence-corrected chi connectivity index (χ0v) is 14.6. The van der Waals surface area contributed by atoms with Crippen LogP contribution in [-0.4, -0.2) is 23.9 Å². The molecule has 2 aromatic rings. The number of aryl methyl sites for hydroxylation is 2. The maximum absolute atomic E-state index is 12.8. The lowest BCUT2D eigenvalue weighted by Gasteiger charge is -2.18. The average molecular weight is 346 g/mol. The Morgan fingerprint density at radius 2 is 2.00 bits per heavy atom.